The van der Waals surface area contributed by atoms with E-state index < -0.39 is 0 Å². The average Bonchev–Trinajstić information content (AvgIpc) is 2.70. The average molecular weight is 394 g/mol. The van der Waals surface area contributed by atoms with E-state index >= 15 is 0 Å². The van der Waals surface area contributed by atoms with Crippen LogP contribution < -0.4 is 10.6 Å². The summed E-state index contributed by atoms with van der Waals surface area (Å²) < 4.78 is 12.9. The number of thioether (sulfide) groups is 1. The second-order valence-electron chi connectivity index (χ2n) is 6.19. The van der Waals surface area contributed by atoms with Gasteiger partial charge < -0.3 is 10.6 Å². The van der Waals surface area contributed by atoms with Crippen LogP contribution in [0.15, 0.2) is 77.7 Å². The van der Waals surface area contributed by atoms with E-state index in [1.807, 2.05) is 43.3 Å². The van der Waals surface area contributed by atoms with Gasteiger partial charge in [0.15, 0.2) is 0 Å². The first-order chi connectivity index (χ1) is 13.5. The van der Waals surface area contributed by atoms with Crippen molar-refractivity contribution in [3.63, 3.8) is 0 Å². The summed E-state index contributed by atoms with van der Waals surface area (Å²) in [5, 5.41) is 5.61. The first-order valence-electron chi connectivity index (χ1n) is 8.66. The van der Waals surface area contributed by atoms with Crippen LogP contribution in [0.3, 0.4) is 0 Å². The third-order valence-electron chi connectivity index (χ3n) is 3.92. The molecule has 3 aromatic carbocycles. The fourth-order valence-electron chi connectivity index (χ4n) is 2.42. The van der Waals surface area contributed by atoms with Gasteiger partial charge >= 0.3 is 0 Å². The van der Waals surface area contributed by atoms with Crippen molar-refractivity contribution in [2.75, 3.05) is 16.4 Å². The maximum Gasteiger partial charge on any atom is 0.255 e. The molecule has 6 heteroatoms. The van der Waals surface area contributed by atoms with Gasteiger partial charge in [0.2, 0.25) is 5.91 Å². The predicted molar refractivity (Wildman–Crippen MR) is 111 cm³/mol. The van der Waals surface area contributed by atoms with Crippen molar-refractivity contribution >= 4 is 35.0 Å². The zero-order valence-electron chi connectivity index (χ0n) is 15.2. The van der Waals surface area contributed by atoms with Gasteiger partial charge in [-0.05, 0) is 67.6 Å². The fraction of sp³-hybridized carbons (Fsp3) is 0.0909. The normalized spacial score (nSPS) is 10.4. The van der Waals surface area contributed by atoms with Gasteiger partial charge in [-0.25, -0.2) is 4.39 Å². The number of hydrogen-bond donors (Lipinski definition) is 2. The summed E-state index contributed by atoms with van der Waals surface area (Å²) in [6.07, 6.45) is 0. The minimum Gasteiger partial charge on any atom is -0.325 e. The van der Waals surface area contributed by atoms with E-state index in [1.54, 1.807) is 12.1 Å². The Bertz CT molecular complexity index is 955. The molecule has 0 spiro atoms. The Labute approximate surface area is 167 Å². The van der Waals surface area contributed by atoms with Crippen LogP contribution >= 0.6 is 11.8 Å². The summed E-state index contributed by atoms with van der Waals surface area (Å²) >= 11 is 1.41. The molecule has 0 radical (unpaired) electrons. The molecule has 0 saturated carbocycles. The van der Waals surface area contributed by atoms with E-state index in [-0.39, 0.29) is 23.4 Å². The van der Waals surface area contributed by atoms with Crippen LogP contribution in [0.1, 0.15) is 15.9 Å². The molecule has 3 aromatic rings. The molecule has 0 saturated heterocycles. The lowest BCUT2D eigenvalue weighted by Gasteiger charge is -2.08. The smallest absolute Gasteiger partial charge is 0.255 e. The number of nitrogens with one attached hydrogen (secondary N) is 2. The van der Waals surface area contributed by atoms with Crippen LogP contribution in [0.2, 0.25) is 0 Å². The summed E-state index contributed by atoms with van der Waals surface area (Å²) in [7, 11) is 0. The van der Waals surface area contributed by atoms with E-state index in [1.165, 1.54) is 36.0 Å². The number of carbonyl (C=O) groups is 2. The second-order valence-corrected chi connectivity index (χ2v) is 7.24. The number of carbonyl (C=O) groups excluding carboxylic acids is 2. The molecule has 0 aliphatic rings. The molecule has 28 heavy (non-hydrogen) atoms. The lowest BCUT2D eigenvalue weighted by molar-refractivity contribution is -0.113. The molecular weight excluding hydrogens is 375 g/mol. The van der Waals surface area contributed by atoms with Crippen molar-refractivity contribution in [3.8, 4) is 0 Å². The Balaban J connectivity index is 1.49. The molecule has 0 aliphatic heterocycles. The quantitative estimate of drug-likeness (QED) is 0.571. The Morgan fingerprint density at radius 1 is 0.821 bits per heavy atom. The molecule has 0 fully saturated rings. The van der Waals surface area contributed by atoms with E-state index in [4.69, 9.17) is 0 Å². The number of halogens is 1. The lowest BCUT2D eigenvalue weighted by Crippen LogP contribution is -2.14. The molecule has 0 aromatic heterocycles. The van der Waals surface area contributed by atoms with Crippen molar-refractivity contribution in [1.82, 2.24) is 0 Å². The van der Waals surface area contributed by atoms with Crippen molar-refractivity contribution in [2.24, 2.45) is 0 Å². The summed E-state index contributed by atoms with van der Waals surface area (Å²) in [5.41, 5.74) is 2.92. The minimum absolute atomic E-state index is 0.0810. The van der Waals surface area contributed by atoms with Gasteiger partial charge in [0, 0.05) is 21.8 Å². The summed E-state index contributed by atoms with van der Waals surface area (Å²) in [5.74, 6) is -0.487. The molecule has 0 aliphatic carbocycles. The molecule has 0 atom stereocenters. The van der Waals surface area contributed by atoms with Crippen LogP contribution in [0.4, 0.5) is 15.8 Å². The Morgan fingerprint density at radius 2 is 1.39 bits per heavy atom. The number of amides is 2. The van der Waals surface area contributed by atoms with Crippen LogP contribution in [-0.2, 0) is 4.79 Å². The molecule has 0 bridgehead atoms. The first kappa shape index (κ1) is 19.6. The van der Waals surface area contributed by atoms with Gasteiger partial charge in [-0.2, -0.15) is 0 Å². The maximum absolute atomic E-state index is 12.9. The summed E-state index contributed by atoms with van der Waals surface area (Å²) in [4.78, 5) is 25.1. The fourth-order valence-corrected chi connectivity index (χ4v) is 3.12. The highest BCUT2D eigenvalue weighted by Gasteiger charge is 2.07. The van der Waals surface area contributed by atoms with Gasteiger partial charge in [-0.15, -0.1) is 11.8 Å². The van der Waals surface area contributed by atoms with Crippen molar-refractivity contribution < 1.29 is 14.0 Å². The van der Waals surface area contributed by atoms with Gasteiger partial charge in [-0.3, -0.25) is 9.59 Å². The number of anilines is 2. The van der Waals surface area contributed by atoms with E-state index in [0.29, 0.717) is 11.3 Å². The Kier molecular flexibility index (Phi) is 6.45. The molecular formula is C22H19FN2O2S. The monoisotopic (exact) mass is 394 g/mol. The first-order valence-corrected chi connectivity index (χ1v) is 9.64. The third-order valence-corrected chi connectivity index (χ3v) is 4.94. The number of benzene rings is 3. The van der Waals surface area contributed by atoms with Crippen molar-refractivity contribution in [2.45, 2.75) is 11.8 Å². The molecule has 0 unspecified atom stereocenters. The van der Waals surface area contributed by atoms with Gasteiger partial charge in [0.25, 0.3) is 5.91 Å². The standard InChI is InChI=1S/C22H19FN2O2S/c1-15-2-8-18(9-3-15)24-21(26)14-28-20-12-10-19(11-13-20)25-22(27)16-4-6-17(23)7-5-16/h2-13H,14H2,1H3,(H,24,26)(H,25,27). The Hall–Kier alpha value is -3.12. The number of hydrogen-bond acceptors (Lipinski definition) is 3. The van der Waals surface area contributed by atoms with Crippen LogP contribution in [0, 0.1) is 12.7 Å². The molecule has 2 amide bonds. The van der Waals surface area contributed by atoms with E-state index in [0.717, 1.165) is 16.1 Å². The van der Waals surface area contributed by atoms with E-state index in [9.17, 15) is 14.0 Å². The van der Waals surface area contributed by atoms with Gasteiger partial charge in [0.05, 0.1) is 5.75 Å². The topological polar surface area (TPSA) is 58.2 Å². The molecule has 3 rings (SSSR count). The predicted octanol–water partition coefficient (Wildman–Crippen LogP) is 5.12. The summed E-state index contributed by atoms with van der Waals surface area (Å²) in [6.45, 7) is 1.99. The minimum atomic E-state index is -0.385. The second kappa shape index (κ2) is 9.19. The molecule has 2 N–H and O–H groups in total. The molecule has 4 nitrogen and oxygen atoms in total. The lowest BCUT2D eigenvalue weighted by atomic mass is 10.2. The zero-order valence-corrected chi connectivity index (χ0v) is 16.1. The third kappa shape index (κ3) is 5.69. The van der Waals surface area contributed by atoms with Crippen molar-refractivity contribution in [3.05, 3.63) is 89.7 Å². The van der Waals surface area contributed by atoms with Gasteiger partial charge in [-0.1, -0.05) is 17.7 Å². The van der Waals surface area contributed by atoms with E-state index in [2.05, 4.69) is 10.6 Å². The highest BCUT2D eigenvalue weighted by atomic mass is 32.2. The number of rotatable bonds is 6. The highest BCUT2D eigenvalue weighted by Crippen LogP contribution is 2.21. The Morgan fingerprint density at radius 3 is 2.04 bits per heavy atom. The van der Waals surface area contributed by atoms with Crippen LogP contribution in [-0.4, -0.2) is 17.6 Å². The highest BCUT2D eigenvalue weighted by molar-refractivity contribution is 8.00. The zero-order chi connectivity index (χ0) is 19.9. The van der Waals surface area contributed by atoms with Crippen LogP contribution in [0.5, 0.6) is 0 Å². The number of aryl methyl sites for hydroxylation is 1. The van der Waals surface area contributed by atoms with Crippen LogP contribution in [0.25, 0.3) is 0 Å². The van der Waals surface area contributed by atoms with Gasteiger partial charge in [0.1, 0.15) is 5.82 Å². The van der Waals surface area contributed by atoms with Crippen molar-refractivity contribution in [1.29, 1.82) is 0 Å². The SMILES string of the molecule is Cc1ccc(NC(=O)CSc2ccc(NC(=O)c3ccc(F)cc3)cc2)cc1. The summed E-state index contributed by atoms with van der Waals surface area (Å²) in [6, 6.07) is 20.2. The molecule has 142 valence electrons. The molecule has 0 heterocycles. The largest absolute Gasteiger partial charge is 0.325 e. The maximum atomic E-state index is 12.9.